The molecule has 0 aliphatic carbocycles. The number of nitrogens with zero attached hydrogens (tertiary/aromatic N) is 3. The van der Waals surface area contributed by atoms with E-state index in [9.17, 15) is 45.1 Å². The minimum atomic E-state index is -4.49. The number of amides is 1. The van der Waals surface area contributed by atoms with E-state index in [1.807, 2.05) is 0 Å². The Balaban J connectivity index is 1.65. The highest BCUT2D eigenvalue weighted by molar-refractivity contribution is 7.86. The van der Waals surface area contributed by atoms with Gasteiger partial charge in [0.1, 0.15) is 0 Å². The fraction of sp³-hybridized carbons (Fsp3) is 0.138. The number of ether oxygens (including phenoxy) is 2. The maximum absolute atomic E-state index is 13.2. The summed E-state index contributed by atoms with van der Waals surface area (Å²) in [4.78, 5) is 50.8. The first kappa shape index (κ1) is 34.4. The Labute approximate surface area is 267 Å². The molecular formula is C29H26N4O12S2. The SMILES string of the molecule is CCOC(=O)C1=NN(c2ccc(S(=O)(=O)O)cc2)C(=O)\C1=C/C=C\C=C/c1c(C(=O)OCC)[nH]n(-c2ccc(S(=O)(=O)O)cc2)c1=O. The van der Waals surface area contributed by atoms with E-state index in [-0.39, 0.29) is 47.1 Å². The van der Waals surface area contributed by atoms with Gasteiger partial charge in [0.2, 0.25) is 0 Å². The Kier molecular flexibility index (Phi) is 10.2. The number of H-pyrrole nitrogens is 1. The fourth-order valence-corrected chi connectivity index (χ4v) is 5.09. The summed E-state index contributed by atoms with van der Waals surface area (Å²) in [7, 11) is -8.96. The lowest BCUT2D eigenvalue weighted by Crippen LogP contribution is -2.22. The zero-order valence-corrected chi connectivity index (χ0v) is 26.2. The van der Waals surface area contributed by atoms with Crippen molar-refractivity contribution in [2.24, 2.45) is 5.10 Å². The number of carbonyl (C=O) groups is 3. The van der Waals surface area contributed by atoms with Crippen molar-refractivity contribution in [1.29, 1.82) is 0 Å². The van der Waals surface area contributed by atoms with Gasteiger partial charge in [0.15, 0.2) is 11.4 Å². The molecule has 47 heavy (non-hydrogen) atoms. The number of esters is 2. The number of nitrogens with one attached hydrogen (secondary N) is 1. The fourth-order valence-electron chi connectivity index (χ4n) is 4.13. The van der Waals surface area contributed by atoms with Crippen molar-refractivity contribution in [2.45, 2.75) is 23.6 Å². The Hall–Kier alpha value is -5.43. The van der Waals surface area contributed by atoms with Crippen molar-refractivity contribution < 1.29 is 49.8 Å². The molecule has 1 amide bonds. The van der Waals surface area contributed by atoms with E-state index >= 15 is 0 Å². The number of hydrogen-bond donors (Lipinski definition) is 3. The van der Waals surface area contributed by atoms with Gasteiger partial charge in [-0.2, -0.15) is 26.9 Å². The maximum atomic E-state index is 13.2. The van der Waals surface area contributed by atoms with Gasteiger partial charge >= 0.3 is 11.9 Å². The molecule has 1 aromatic heterocycles. The minimum Gasteiger partial charge on any atom is -0.461 e. The predicted molar refractivity (Wildman–Crippen MR) is 166 cm³/mol. The second-order valence-corrected chi connectivity index (χ2v) is 12.2. The molecule has 4 rings (SSSR count). The molecule has 246 valence electrons. The number of aromatic nitrogens is 2. The average Bonchev–Trinajstić information content (AvgIpc) is 3.52. The van der Waals surface area contributed by atoms with E-state index in [0.717, 1.165) is 34.0 Å². The number of allylic oxidation sites excluding steroid dienone is 4. The number of aromatic amines is 1. The molecule has 18 heteroatoms. The zero-order valence-electron chi connectivity index (χ0n) is 24.6. The summed E-state index contributed by atoms with van der Waals surface area (Å²) >= 11 is 0. The van der Waals surface area contributed by atoms with E-state index in [2.05, 4.69) is 10.2 Å². The number of rotatable bonds is 11. The molecule has 0 saturated heterocycles. The molecule has 0 unspecified atom stereocenters. The Morgan fingerprint density at radius 3 is 1.87 bits per heavy atom. The van der Waals surface area contributed by atoms with E-state index < -0.39 is 53.4 Å². The van der Waals surface area contributed by atoms with Gasteiger partial charge in [0, 0.05) is 0 Å². The lowest BCUT2D eigenvalue weighted by Gasteiger charge is -2.11. The minimum absolute atomic E-state index is 0.00576. The molecule has 0 bridgehead atoms. The van der Waals surface area contributed by atoms with Crippen LogP contribution in [0.3, 0.4) is 0 Å². The molecule has 0 spiro atoms. The molecule has 3 aromatic rings. The lowest BCUT2D eigenvalue weighted by molar-refractivity contribution is -0.135. The molecule has 0 radical (unpaired) electrons. The first-order valence-corrected chi connectivity index (χ1v) is 16.4. The third-order valence-electron chi connectivity index (χ3n) is 6.27. The monoisotopic (exact) mass is 686 g/mol. The summed E-state index contributed by atoms with van der Waals surface area (Å²) in [6, 6.07) is 9.15. The quantitative estimate of drug-likeness (QED) is 0.114. The molecule has 2 heterocycles. The molecular weight excluding hydrogens is 660 g/mol. The molecule has 0 saturated carbocycles. The smallest absolute Gasteiger partial charge is 0.359 e. The van der Waals surface area contributed by atoms with Gasteiger partial charge < -0.3 is 9.47 Å². The summed E-state index contributed by atoms with van der Waals surface area (Å²) in [5.74, 6) is -2.50. The Bertz CT molecular complexity index is 2120. The standard InChI is InChI=1S/C29H26N4O12S2/c1-3-44-28(36)24-22(26(34)32(30-24)18-10-14-20(15-11-18)46(38,39)40)8-6-5-7-9-23-25(29(37)45-4-2)31-33(27(23)35)19-12-16-21(17-13-19)47(41,42)43/h5-17,30H,3-4H2,1-2H3,(H,38,39,40)(H,41,42,43)/b7-5-,8-6-,23-9-. The van der Waals surface area contributed by atoms with Crippen molar-refractivity contribution in [3.05, 3.63) is 100 Å². The van der Waals surface area contributed by atoms with Crippen LogP contribution in [0, 0.1) is 0 Å². The van der Waals surface area contributed by atoms with Crippen LogP contribution in [0.1, 0.15) is 29.9 Å². The van der Waals surface area contributed by atoms with E-state index in [0.29, 0.717) is 0 Å². The second-order valence-electron chi connectivity index (χ2n) is 9.31. The first-order chi connectivity index (χ1) is 22.2. The van der Waals surface area contributed by atoms with E-state index in [1.165, 1.54) is 54.6 Å². The van der Waals surface area contributed by atoms with Gasteiger partial charge in [-0.15, -0.1) is 0 Å². The number of hydrogen-bond acceptors (Lipinski definition) is 11. The van der Waals surface area contributed by atoms with Gasteiger partial charge in [-0.25, -0.2) is 14.3 Å². The van der Waals surface area contributed by atoms with Crippen LogP contribution >= 0.6 is 0 Å². The number of hydrazone groups is 1. The van der Waals surface area contributed by atoms with Crippen LogP contribution in [0.25, 0.3) is 11.8 Å². The predicted octanol–water partition coefficient (Wildman–Crippen LogP) is 2.30. The van der Waals surface area contributed by atoms with Crippen LogP contribution in [0.2, 0.25) is 0 Å². The highest BCUT2D eigenvalue weighted by Crippen LogP contribution is 2.26. The molecule has 0 fully saturated rings. The van der Waals surface area contributed by atoms with Crippen LogP contribution in [-0.4, -0.2) is 72.5 Å². The van der Waals surface area contributed by atoms with Crippen LogP contribution in [0.4, 0.5) is 5.69 Å². The van der Waals surface area contributed by atoms with Gasteiger partial charge in [-0.05, 0) is 74.5 Å². The molecule has 3 N–H and O–H groups in total. The maximum Gasteiger partial charge on any atom is 0.359 e. The normalized spacial score (nSPS) is 14.7. The molecule has 1 aliphatic heterocycles. The second kappa shape index (κ2) is 13.9. The van der Waals surface area contributed by atoms with Crippen LogP contribution < -0.4 is 10.6 Å². The van der Waals surface area contributed by atoms with Gasteiger partial charge in [-0.1, -0.05) is 18.2 Å². The number of benzene rings is 2. The van der Waals surface area contributed by atoms with Crippen molar-refractivity contribution >= 4 is 55.6 Å². The number of anilines is 1. The third-order valence-corrected chi connectivity index (χ3v) is 8.01. The first-order valence-electron chi connectivity index (χ1n) is 13.5. The van der Waals surface area contributed by atoms with Crippen molar-refractivity contribution in [2.75, 3.05) is 18.2 Å². The summed E-state index contributed by atoms with van der Waals surface area (Å²) in [5, 5.41) is 7.52. The summed E-state index contributed by atoms with van der Waals surface area (Å²) in [6.07, 6.45) is 6.64. The number of carbonyl (C=O) groups excluding carboxylic acids is 3. The van der Waals surface area contributed by atoms with E-state index in [1.54, 1.807) is 13.8 Å². The highest BCUT2D eigenvalue weighted by Gasteiger charge is 2.35. The molecule has 2 aromatic carbocycles. The van der Waals surface area contributed by atoms with Crippen molar-refractivity contribution in [3.8, 4) is 5.69 Å². The van der Waals surface area contributed by atoms with Gasteiger partial charge in [-0.3, -0.25) is 23.8 Å². The molecule has 16 nitrogen and oxygen atoms in total. The Morgan fingerprint density at radius 2 is 1.34 bits per heavy atom. The van der Waals surface area contributed by atoms with Gasteiger partial charge in [0.25, 0.3) is 31.7 Å². The lowest BCUT2D eigenvalue weighted by atomic mass is 10.1. The van der Waals surface area contributed by atoms with Crippen LogP contribution in [-0.2, 0) is 39.3 Å². The van der Waals surface area contributed by atoms with Crippen LogP contribution in [0.15, 0.2) is 98.1 Å². The summed E-state index contributed by atoms with van der Waals surface area (Å²) in [6.45, 7) is 3.12. The molecule has 0 atom stereocenters. The van der Waals surface area contributed by atoms with Gasteiger partial charge in [0.05, 0.1) is 45.5 Å². The topological polar surface area (TPSA) is 232 Å². The average molecular weight is 687 g/mol. The molecule has 1 aliphatic rings. The Morgan fingerprint density at radius 1 is 0.809 bits per heavy atom. The van der Waals surface area contributed by atoms with Crippen LogP contribution in [0.5, 0.6) is 0 Å². The third kappa shape index (κ3) is 7.69. The summed E-state index contributed by atoms with van der Waals surface area (Å²) in [5.41, 5.74) is -1.29. The highest BCUT2D eigenvalue weighted by atomic mass is 32.2. The van der Waals surface area contributed by atoms with Crippen molar-refractivity contribution in [1.82, 2.24) is 9.78 Å². The largest absolute Gasteiger partial charge is 0.461 e. The van der Waals surface area contributed by atoms with Crippen molar-refractivity contribution in [3.63, 3.8) is 0 Å². The zero-order chi connectivity index (χ0) is 34.5. The summed E-state index contributed by atoms with van der Waals surface area (Å²) < 4.78 is 74.9. The van der Waals surface area contributed by atoms with E-state index in [4.69, 9.17) is 9.47 Å².